The fourth-order valence-electron chi connectivity index (χ4n) is 2.58. The molecule has 2 aromatic rings. The number of nitrogens with one attached hydrogen (secondary N) is 1. The van der Waals surface area contributed by atoms with Crippen LogP contribution in [0.3, 0.4) is 0 Å². The van der Waals surface area contributed by atoms with E-state index in [0.717, 1.165) is 31.7 Å². The summed E-state index contributed by atoms with van der Waals surface area (Å²) in [6.45, 7) is 1.94. The molecule has 1 saturated heterocycles. The maximum atomic E-state index is 12.3. The fraction of sp³-hybridized carbons (Fsp3) is 0.375. The van der Waals surface area contributed by atoms with Crippen LogP contribution in [0.2, 0.25) is 0 Å². The van der Waals surface area contributed by atoms with Crippen LogP contribution in [0.4, 0.5) is 11.5 Å². The Morgan fingerprint density at radius 2 is 1.96 bits per heavy atom. The molecule has 24 heavy (non-hydrogen) atoms. The highest BCUT2D eigenvalue weighted by molar-refractivity contribution is 7.12. The number of carbonyl (C=O) groups is 2. The van der Waals surface area contributed by atoms with Gasteiger partial charge in [0, 0.05) is 13.1 Å². The minimum absolute atomic E-state index is 0.206. The number of piperidine rings is 1. The van der Waals surface area contributed by atoms with Crippen LogP contribution in [-0.4, -0.2) is 42.3 Å². The number of hydrogen-bond acceptors (Lipinski definition) is 7. The third kappa shape index (κ3) is 3.53. The average molecular weight is 346 g/mol. The minimum atomic E-state index is -0.480. The van der Waals surface area contributed by atoms with Gasteiger partial charge in [-0.05, 0) is 42.8 Å². The van der Waals surface area contributed by atoms with E-state index in [1.165, 1.54) is 24.9 Å². The lowest BCUT2D eigenvalue weighted by Gasteiger charge is -2.27. The summed E-state index contributed by atoms with van der Waals surface area (Å²) in [7, 11) is 1.30. The van der Waals surface area contributed by atoms with Gasteiger partial charge in [0.1, 0.15) is 4.88 Å². The maximum Gasteiger partial charge on any atom is 0.350 e. The van der Waals surface area contributed by atoms with Gasteiger partial charge in [0.15, 0.2) is 11.5 Å². The molecule has 1 amide bonds. The van der Waals surface area contributed by atoms with Crippen molar-refractivity contribution < 1.29 is 14.3 Å². The molecular weight excluding hydrogens is 328 g/mol. The van der Waals surface area contributed by atoms with Crippen molar-refractivity contribution in [3.63, 3.8) is 0 Å². The lowest BCUT2D eigenvalue weighted by atomic mass is 10.1. The second-order valence-corrected chi connectivity index (χ2v) is 6.35. The number of rotatable bonds is 4. The highest BCUT2D eigenvalue weighted by atomic mass is 32.1. The number of hydrogen-bond donors (Lipinski definition) is 1. The van der Waals surface area contributed by atoms with Gasteiger partial charge in [-0.2, -0.15) is 0 Å². The molecule has 1 N–H and O–H groups in total. The van der Waals surface area contributed by atoms with Crippen molar-refractivity contribution in [3.05, 3.63) is 34.2 Å². The van der Waals surface area contributed by atoms with Gasteiger partial charge in [-0.15, -0.1) is 21.5 Å². The number of carbonyl (C=O) groups excluding carboxylic acids is 2. The molecule has 0 spiro atoms. The largest absolute Gasteiger partial charge is 0.465 e. The molecule has 0 bridgehead atoms. The van der Waals surface area contributed by atoms with Gasteiger partial charge in [0.2, 0.25) is 0 Å². The summed E-state index contributed by atoms with van der Waals surface area (Å²) in [6.07, 6.45) is 3.55. The second-order valence-electron chi connectivity index (χ2n) is 5.43. The third-order valence-corrected chi connectivity index (χ3v) is 4.74. The normalized spacial score (nSPS) is 14.3. The van der Waals surface area contributed by atoms with Crippen molar-refractivity contribution in [2.24, 2.45) is 0 Å². The molecular formula is C16H18N4O3S. The van der Waals surface area contributed by atoms with Crippen molar-refractivity contribution in [1.29, 1.82) is 0 Å². The van der Waals surface area contributed by atoms with Crippen LogP contribution >= 0.6 is 11.3 Å². The van der Waals surface area contributed by atoms with E-state index in [1.54, 1.807) is 17.5 Å². The quantitative estimate of drug-likeness (QED) is 0.857. The number of nitrogens with zero attached hydrogens (tertiary/aromatic N) is 3. The van der Waals surface area contributed by atoms with E-state index in [2.05, 4.69) is 20.4 Å². The number of thiophene rings is 1. The Bertz CT molecular complexity index is 723. The van der Waals surface area contributed by atoms with E-state index < -0.39 is 11.9 Å². The van der Waals surface area contributed by atoms with Crippen LogP contribution in [0, 0.1) is 0 Å². The highest BCUT2D eigenvalue weighted by Gasteiger charge is 2.18. The van der Waals surface area contributed by atoms with E-state index in [-0.39, 0.29) is 5.69 Å². The van der Waals surface area contributed by atoms with Crippen LogP contribution in [0.1, 0.15) is 39.4 Å². The summed E-state index contributed by atoms with van der Waals surface area (Å²) < 4.78 is 4.69. The third-order valence-electron chi connectivity index (χ3n) is 3.85. The van der Waals surface area contributed by atoms with Gasteiger partial charge >= 0.3 is 5.97 Å². The summed E-state index contributed by atoms with van der Waals surface area (Å²) in [5.74, 6) is -0.0971. The number of esters is 1. The van der Waals surface area contributed by atoms with E-state index in [9.17, 15) is 9.59 Å². The molecule has 0 aliphatic carbocycles. The lowest BCUT2D eigenvalue weighted by Crippen LogP contribution is -2.30. The summed E-state index contributed by atoms with van der Waals surface area (Å²) in [5, 5.41) is 12.6. The van der Waals surface area contributed by atoms with Crippen LogP contribution in [0.15, 0.2) is 23.6 Å². The molecule has 0 aromatic carbocycles. The van der Waals surface area contributed by atoms with Crippen LogP contribution in [0.5, 0.6) is 0 Å². The van der Waals surface area contributed by atoms with Crippen molar-refractivity contribution in [2.75, 3.05) is 30.4 Å². The first-order chi connectivity index (χ1) is 11.7. The first-order valence-corrected chi connectivity index (χ1v) is 8.63. The lowest BCUT2D eigenvalue weighted by molar-refractivity contribution is 0.0607. The minimum Gasteiger partial charge on any atom is -0.465 e. The zero-order valence-corrected chi connectivity index (χ0v) is 14.1. The van der Waals surface area contributed by atoms with Gasteiger partial charge in [0.25, 0.3) is 5.91 Å². The van der Waals surface area contributed by atoms with Crippen molar-refractivity contribution in [3.8, 4) is 0 Å². The van der Waals surface area contributed by atoms with E-state index in [4.69, 9.17) is 4.74 Å². The topological polar surface area (TPSA) is 84.4 Å². The molecule has 3 heterocycles. The first-order valence-electron chi connectivity index (χ1n) is 7.75. The van der Waals surface area contributed by atoms with Crippen molar-refractivity contribution in [2.45, 2.75) is 19.3 Å². The van der Waals surface area contributed by atoms with Gasteiger partial charge < -0.3 is 15.0 Å². The molecule has 0 saturated carbocycles. The second kappa shape index (κ2) is 7.39. The molecule has 7 nitrogen and oxygen atoms in total. The van der Waals surface area contributed by atoms with Gasteiger partial charge in [-0.1, -0.05) is 0 Å². The maximum absolute atomic E-state index is 12.3. The van der Waals surface area contributed by atoms with Crippen LogP contribution in [-0.2, 0) is 4.74 Å². The molecule has 0 atom stereocenters. The summed E-state index contributed by atoms with van der Waals surface area (Å²) in [4.78, 5) is 26.4. The molecule has 8 heteroatoms. The van der Waals surface area contributed by atoms with Crippen LogP contribution < -0.4 is 10.2 Å². The predicted molar refractivity (Wildman–Crippen MR) is 91.7 cm³/mol. The fourth-order valence-corrected chi connectivity index (χ4v) is 3.35. The Hall–Kier alpha value is -2.48. The van der Waals surface area contributed by atoms with E-state index in [0.29, 0.717) is 10.6 Å². The number of anilines is 2. The number of methoxy groups -OCH3 is 1. The molecule has 126 valence electrons. The number of ether oxygens (including phenoxy) is 1. The first kappa shape index (κ1) is 16.4. The van der Waals surface area contributed by atoms with Gasteiger partial charge in [-0.25, -0.2) is 4.79 Å². The number of amides is 1. The Labute approximate surface area is 143 Å². The monoisotopic (exact) mass is 346 g/mol. The Morgan fingerprint density at radius 3 is 2.62 bits per heavy atom. The summed E-state index contributed by atoms with van der Waals surface area (Å²) in [5.41, 5.74) is 0.622. The molecule has 1 fully saturated rings. The standard InChI is InChI=1S/C16H18N4O3S/c1-23-16(22)14-11(7-10-24-14)17-15(21)12-5-6-13(19-18-12)20-8-3-2-4-9-20/h5-7,10H,2-4,8-9H2,1H3,(H,17,21). The molecule has 2 aromatic heterocycles. The Balaban J connectivity index is 1.69. The molecule has 0 radical (unpaired) electrons. The Kier molecular flexibility index (Phi) is 5.05. The predicted octanol–water partition coefficient (Wildman–Crippen LogP) is 2.57. The summed E-state index contributed by atoms with van der Waals surface area (Å²) >= 11 is 1.21. The van der Waals surface area contributed by atoms with Crippen molar-refractivity contribution in [1.82, 2.24) is 10.2 Å². The Morgan fingerprint density at radius 1 is 1.17 bits per heavy atom. The molecule has 1 aliphatic heterocycles. The average Bonchev–Trinajstić information content (AvgIpc) is 3.10. The zero-order valence-electron chi connectivity index (χ0n) is 13.3. The molecule has 3 rings (SSSR count). The smallest absolute Gasteiger partial charge is 0.350 e. The molecule has 0 unspecified atom stereocenters. The SMILES string of the molecule is COC(=O)c1sccc1NC(=O)c1ccc(N2CCCCC2)nn1. The van der Waals surface area contributed by atoms with Gasteiger partial charge in [0.05, 0.1) is 12.8 Å². The van der Waals surface area contributed by atoms with Crippen LogP contribution in [0.25, 0.3) is 0 Å². The van der Waals surface area contributed by atoms with E-state index in [1.807, 2.05) is 6.07 Å². The molecule has 1 aliphatic rings. The zero-order chi connectivity index (χ0) is 16.9. The van der Waals surface area contributed by atoms with Crippen molar-refractivity contribution >= 4 is 34.7 Å². The number of aromatic nitrogens is 2. The summed E-state index contributed by atoms with van der Waals surface area (Å²) in [6, 6.07) is 5.11. The van der Waals surface area contributed by atoms with Gasteiger partial charge in [-0.3, -0.25) is 4.79 Å². The van der Waals surface area contributed by atoms with E-state index >= 15 is 0 Å². The highest BCUT2D eigenvalue weighted by Crippen LogP contribution is 2.23.